The number of amides is 1. The number of benzene rings is 1. The number of halogens is 5. The van der Waals surface area contributed by atoms with E-state index < -0.39 is 11.7 Å². The van der Waals surface area contributed by atoms with Crippen molar-refractivity contribution < 1.29 is 18.0 Å². The Hall–Kier alpha value is -0.670. The third-order valence-electron chi connectivity index (χ3n) is 4.37. The molecule has 0 spiro atoms. The van der Waals surface area contributed by atoms with Crippen LogP contribution in [0.4, 0.5) is 13.2 Å². The lowest BCUT2D eigenvalue weighted by Crippen LogP contribution is -2.42. The minimum atomic E-state index is -4.30. The Morgan fingerprint density at radius 1 is 1.27 bits per heavy atom. The van der Waals surface area contributed by atoms with Crippen molar-refractivity contribution in [2.45, 2.75) is 31.2 Å². The van der Waals surface area contributed by atoms with Crippen molar-refractivity contribution in [2.24, 2.45) is 0 Å². The van der Waals surface area contributed by atoms with E-state index in [2.05, 4.69) is 10.6 Å². The van der Waals surface area contributed by atoms with Crippen molar-refractivity contribution in [2.75, 3.05) is 24.7 Å². The molecule has 4 nitrogen and oxygen atoms in total. The van der Waals surface area contributed by atoms with Gasteiger partial charge in [-0.05, 0) is 24.1 Å². The number of carbonyl (C=O) groups is 1. The molecule has 1 aromatic carbocycles. The zero-order chi connectivity index (χ0) is 17.2. The van der Waals surface area contributed by atoms with Gasteiger partial charge in [0.1, 0.15) is 0 Å². The molecule has 1 aromatic rings. The summed E-state index contributed by atoms with van der Waals surface area (Å²) in [5, 5.41) is 6.55. The summed E-state index contributed by atoms with van der Waals surface area (Å²) >= 11 is 1.76. The van der Waals surface area contributed by atoms with Crippen LogP contribution in [0.1, 0.15) is 17.5 Å². The van der Waals surface area contributed by atoms with Crippen molar-refractivity contribution in [1.82, 2.24) is 15.5 Å². The molecule has 2 saturated heterocycles. The number of nitrogens with zero attached hydrogens (tertiary/aromatic N) is 1. The lowest BCUT2D eigenvalue weighted by Gasteiger charge is -2.19. The van der Waals surface area contributed by atoms with E-state index in [1.165, 1.54) is 12.1 Å². The van der Waals surface area contributed by atoms with Gasteiger partial charge in [-0.2, -0.15) is 13.2 Å². The van der Waals surface area contributed by atoms with Gasteiger partial charge in [0.05, 0.1) is 17.5 Å². The summed E-state index contributed by atoms with van der Waals surface area (Å²) in [6.07, 6.45) is -3.59. The summed E-state index contributed by atoms with van der Waals surface area (Å²) in [7, 11) is 0. The highest BCUT2D eigenvalue weighted by molar-refractivity contribution is 7.99. The first-order valence-electron chi connectivity index (χ1n) is 7.93. The predicted octanol–water partition coefficient (Wildman–Crippen LogP) is 2.90. The molecule has 0 unspecified atom stereocenters. The Balaban J connectivity index is 0.00000169. The minimum Gasteiger partial charge on any atom is -0.331 e. The van der Waals surface area contributed by atoms with E-state index in [1.807, 2.05) is 4.90 Å². The molecule has 2 fully saturated rings. The van der Waals surface area contributed by atoms with Gasteiger partial charge in [0.2, 0.25) is 5.91 Å². The number of thioether (sulfide) groups is 1. The molecular formula is C16H22Cl2F3N3OS. The summed E-state index contributed by atoms with van der Waals surface area (Å²) in [6.45, 7) is 1.99. The Labute approximate surface area is 167 Å². The lowest BCUT2D eigenvalue weighted by atomic mass is 10.1. The second-order valence-electron chi connectivity index (χ2n) is 6.11. The van der Waals surface area contributed by atoms with Crippen LogP contribution in [-0.4, -0.2) is 47.6 Å². The van der Waals surface area contributed by atoms with Crippen LogP contribution < -0.4 is 10.6 Å². The van der Waals surface area contributed by atoms with Crippen LogP contribution in [0.2, 0.25) is 0 Å². The summed E-state index contributed by atoms with van der Waals surface area (Å²) in [5.41, 5.74) is 0.164. The smallest absolute Gasteiger partial charge is 0.331 e. The Kier molecular flexibility index (Phi) is 9.02. The average molecular weight is 432 g/mol. The summed E-state index contributed by atoms with van der Waals surface area (Å²) < 4.78 is 37.6. The molecule has 2 aliphatic rings. The first kappa shape index (κ1) is 23.4. The molecule has 148 valence electrons. The first-order chi connectivity index (χ1) is 11.4. The van der Waals surface area contributed by atoms with E-state index in [4.69, 9.17) is 0 Å². The summed E-state index contributed by atoms with van der Waals surface area (Å²) in [4.78, 5) is 14.2. The fourth-order valence-electron chi connectivity index (χ4n) is 2.96. The van der Waals surface area contributed by atoms with Crippen molar-refractivity contribution in [1.29, 1.82) is 0 Å². The highest BCUT2D eigenvalue weighted by Crippen LogP contribution is 2.29. The predicted molar refractivity (Wildman–Crippen MR) is 102 cm³/mol. The number of rotatable bonds is 4. The second-order valence-corrected chi connectivity index (χ2v) is 7.18. The van der Waals surface area contributed by atoms with E-state index >= 15 is 0 Å². The molecule has 2 atom stereocenters. The van der Waals surface area contributed by atoms with Crippen LogP contribution >= 0.6 is 36.6 Å². The van der Waals surface area contributed by atoms with Crippen LogP contribution in [0.5, 0.6) is 0 Å². The van der Waals surface area contributed by atoms with Crippen LogP contribution in [0.25, 0.3) is 0 Å². The van der Waals surface area contributed by atoms with E-state index in [1.54, 1.807) is 11.8 Å². The lowest BCUT2D eigenvalue weighted by molar-refractivity contribution is -0.137. The maximum Gasteiger partial charge on any atom is 0.416 e. The van der Waals surface area contributed by atoms with Crippen molar-refractivity contribution in [3.05, 3.63) is 35.4 Å². The molecule has 0 bridgehead atoms. The van der Waals surface area contributed by atoms with E-state index in [0.29, 0.717) is 19.5 Å². The standard InChI is InChI=1S/C16H20F3N3OS.2ClH/c17-16(18,19)12-3-1-11(2-4-12)8-20-13-7-14(21-9-13)15(23)22-5-6-24-10-22;;/h1-4,13-14,20-21H,5-10H2;2*1H/t13-,14-;;/m0../s1. The molecular weight excluding hydrogens is 410 g/mol. The van der Waals surface area contributed by atoms with E-state index in [9.17, 15) is 18.0 Å². The zero-order valence-corrected chi connectivity index (χ0v) is 16.4. The number of hydrogen-bond acceptors (Lipinski definition) is 4. The normalized spacial score (nSPS) is 22.7. The van der Waals surface area contributed by atoms with Crippen molar-refractivity contribution in [3.63, 3.8) is 0 Å². The molecule has 0 aromatic heterocycles. The Morgan fingerprint density at radius 2 is 1.96 bits per heavy atom. The van der Waals surface area contributed by atoms with Crippen molar-refractivity contribution >= 4 is 42.5 Å². The molecule has 3 rings (SSSR count). The highest BCUT2D eigenvalue weighted by atomic mass is 35.5. The van der Waals surface area contributed by atoms with E-state index in [0.717, 1.165) is 35.9 Å². The fraction of sp³-hybridized carbons (Fsp3) is 0.562. The van der Waals surface area contributed by atoms with Gasteiger partial charge in [0.25, 0.3) is 0 Å². The third kappa shape index (κ3) is 5.92. The van der Waals surface area contributed by atoms with Gasteiger partial charge >= 0.3 is 6.18 Å². The van der Waals surface area contributed by atoms with Crippen LogP contribution in [-0.2, 0) is 17.5 Å². The molecule has 10 heteroatoms. The number of hydrogen-bond donors (Lipinski definition) is 2. The summed E-state index contributed by atoms with van der Waals surface area (Å²) in [5.74, 6) is 1.91. The Bertz CT molecular complexity index is 583. The average Bonchev–Trinajstić information content (AvgIpc) is 3.23. The maximum atomic E-state index is 12.5. The van der Waals surface area contributed by atoms with Crippen molar-refractivity contribution in [3.8, 4) is 0 Å². The quantitative estimate of drug-likeness (QED) is 0.768. The van der Waals surface area contributed by atoms with Gasteiger partial charge < -0.3 is 15.5 Å². The SMILES string of the molecule is Cl.Cl.O=C([C@@H]1C[C@H](NCc2ccc(C(F)(F)F)cc2)CN1)N1CCSC1. The van der Waals surface area contributed by atoms with Gasteiger partial charge in [-0.1, -0.05) is 12.1 Å². The van der Waals surface area contributed by atoms with Gasteiger partial charge in [0.15, 0.2) is 0 Å². The van der Waals surface area contributed by atoms with E-state index in [-0.39, 0.29) is 42.8 Å². The topological polar surface area (TPSA) is 44.4 Å². The van der Waals surface area contributed by atoms with Gasteiger partial charge in [-0.3, -0.25) is 4.79 Å². The molecule has 0 radical (unpaired) electrons. The molecule has 0 saturated carbocycles. The molecule has 2 heterocycles. The largest absolute Gasteiger partial charge is 0.416 e. The number of alkyl halides is 3. The zero-order valence-electron chi connectivity index (χ0n) is 13.9. The minimum absolute atomic E-state index is 0. The monoisotopic (exact) mass is 431 g/mol. The van der Waals surface area contributed by atoms with Gasteiger partial charge in [-0.15, -0.1) is 36.6 Å². The highest BCUT2D eigenvalue weighted by Gasteiger charge is 2.33. The molecule has 0 aliphatic carbocycles. The molecule has 2 N–H and O–H groups in total. The maximum absolute atomic E-state index is 12.5. The first-order valence-corrected chi connectivity index (χ1v) is 9.08. The number of carbonyl (C=O) groups excluding carboxylic acids is 1. The van der Waals surface area contributed by atoms with Crippen LogP contribution in [0.3, 0.4) is 0 Å². The summed E-state index contributed by atoms with van der Waals surface area (Å²) in [6, 6.07) is 5.16. The molecule has 1 amide bonds. The van der Waals surface area contributed by atoms with Gasteiger partial charge in [-0.25, -0.2) is 0 Å². The Morgan fingerprint density at radius 3 is 2.54 bits per heavy atom. The van der Waals surface area contributed by atoms with Crippen LogP contribution in [0, 0.1) is 0 Å². The number of nitrogens with one attached hydrogen (secondary N) is 2. The fourth-order valence-corrected chi connectivity index (χ4v) is 3.92. The molecule has 26 heavy (non-hydrogen) atoms. The van der Waals surface area contributed by atoms with Crippen LogP contribution in [0.15, 0.2) is 24.3 Å². The van der Waals surface area contributed by atoms with Gasteiger partial charge in [0, 0.05) is 31.4 Å². The second kappa shape index (κ2) is 10.0. The molecule has 2 aliphatic heterocycles. The third-order valence-corrected chi connectivity index (χ3v) is 5.33.